The predicted molar refractivity (Wildman–Crippen MR) is 99.8 cm³/mol. The van der Waals surface area contributed by atoms with Crippen LogP contribution in [0.2, 0.25) is 5.02 Å². The number of methoxy groups -OCH3 is 1. The average molecular weight is 390 g/mol. The molecule has 138 valence electrons. The Labute approximate surface area is 159 Å². The van der Waals surface area contributed by atoms with Crippen molar-refractivity contribution < 1.29 is 18.3 Å². The van der Waals surface area contributed by atoms with Crippen LogP contribution in [-0.2, 0) is 0 Å². The summed E-state index contributed by atoms with van der Waals surface area (Å²) in [7, 11) is 1.50. The summed E-state index contributed by atoms with van der Waals surface area (Å²) in [5.41, 5.74) is 0.877. The number of amides is 1. The largest absolute Gasteiger partial charge is 0.495 e. The molecular formula is C19H14ClF2N3O2. The van der Waals surface area contributed by atoms with Gasteiger partial charge in [0.05, 0.1) is 23.4 Å². The van der Waals surface area contributed by atoms with Crippen molar-refractivity contribution in [3.8, 4) is 5.75 Å². The Bertz CT molecular complexity index is 981. The first-order chi connectivity index (χ1) is 13.0. The molecular weight excluding hydrogens is 376 g/mol. The van der Waals surface area contributed by atoms with Crippen LogP contribution in [0.25, 0.3) is 0 Å². The number of benzene rings is 2. The van der Waals surface area contributed by atoms with E-state index in [0.717, 1.165) is 12.1 Å². The zero-order valence-corrected chi connectivity index (χ0v) is 14.8. The Morgan fingerprint density at radius 3 is 2.56 bits per heavy atom. The van der Waals surface area contributed by atoms with Crippen molar-refractivity contribution in [1.82, 2.24) is 4.98 Å². The normalized spacial score (nSPS) is 10.4. The smallest absolute Gasteiger partial charge is 0.257 e. The van der Waals surface area contributed by atoms with Crippen LogP contribution < -0.4 is 15.4 Å². The molecule has 3 aromatic rings. The summed E-state index contributed by atoms with van der Waals surface area (Å²) >= 11 is 6.03. The maximum Gasteiger partial charge on any atom is 0.257 e. The lowest BCUT2D eigenvalue weighted by Gasteiger charge is -2.09. The van der Waals surface area contributed by atoms with E-state index < -0.39 is 11.6 Å². The summed E-state index contributed by atoms with van der Waals surface area (Å²) in [5, 5.41) is 5.78. The monoisotopic (exact) mass is 389 g/mol. The van der Waals surface area contributed by atoms with E-state index in [2.05, 4.69) is 15.6 Å². The second-order valence-corrected chi connectivity index (χ2v) is 5.89. The first-order valence-corrected chi connectivity index (χ1v) is 8.17. The van der Waals surface area contributed by atoms with Crippen molar-refractivity contribution >= 4 is 34.7 Å². The highest BCUT2D eigenvalue weighted by Crippen LogP contribution is 2.27. The van der Waals surface area contributed by atoms with E-state index >= 15 is 0 Å². The number of hydrogen-bond acceptors (Lipinski definition) is 4. The van der Waals surface area contributed by atoms with Gasteiger partial charge >= 0.3 is 0 Å². The van der Waals surface area contributed by atoms with Gasteiger partial charge in [0, 0.05) is 18.0 Å². The quantitative estimate of drug-likeness (QED) is 0.643. The first kappa shape index (κ1) is 18.6. The van der Waals surface area contributed by atoms with E-state index in [9.17, 15) is 13.6 Å². The molecule has 0 saturated carbocycles. The Hall–Kier alpha value is -3.19. The molecule has 0 fully saturated rings. The summed E-state index contributed by atoms with van der Waals surface area (Å²) in [5.74, 6) is -0.987. The van der Waals surface area contributed by atoms with Crippen LogP contribution in [0.1, 0.15) is 10.4 Å². The van der Waals surface area contributed by atoms with Gasteiger partial charge in [-0.05, 0) is 42.5 Å². The van der Waals surface area contributed by atoms with Gasteiger partial charge in [0.2, 0.25) is 0 Å². The second kappa shape index (κ2) is 8.01. The number of nitrogens with zero attached hydrogens (tertiary/aromatic N) is 1. The third-order valence-electron chi connectivity index (χ3n) is 3.63. The maximum atomic E-state index is 13.7. The first-order valence-electron chi connectivity index (χ1n) is 7.79. The van der Waals surface area contributed by atoms with E-state index in [0.29, 0.717) is 27.8 Å². The predicted octanol–water partition coefficient (Wildman–Crippen LogP) is 5.02. The van der Waals surface area contributed by atoms with Gasteiger partial charge in [-0.1, -0.05) is 11.6 Å². The number of ether oxygens (including phenoxy) is 1. The van der Waals surface area contributed by atoms with Gasteiger partial charge in [0.1, 0.15) is 23.2 Å². The standard InChI is InChI=1S/C19H14ClF2N3O2/c1-27-17-6-4-13(9-14(17)20)24-19(26)11-2-7-18(23-10-11)25-16-5-3-12(21)8-15(16)22/h2-10H,1H3,(H,23,25)(H,24,26). The molecule has 0 aliphatic heterocycles. The highest BCUT2D eigenvalue weighted by atomic mass is 35.5. The molecule has 8 heteroatoms. The van der Waals surface area contributed by atoms with Gasteiger partial charge < -0.3 is 15.4 Å². The van der Waals surface area contributed by atoms with Crippen molar-refractivity contribution in [1.29, 1.82) is 0 Å². The molecule has 0 radical (unpaired) electrons. The number of carbonyl (C=O) groups is 1. The van der Waals surface area contributed by atoms with E-state index in [4.69, 9.17) is 16.3 Å². The maximum absolute atomic E-state index is 13.7. The molecule has 0 aliphatic rings. The Balaban J connectivity index is 1.69. The fourth-order valence-corrected chi connectivity index (χ4v) is 2.54. The third-order valence-corrected chi connectivity index (χ3v) is 3.92. The van der Waals surface area contributed by atoms with Crippen molar-refractivity contribution in [3.63, 3.8) is 0 Å². The van der Waals surface area contributed by atoms with Crippen LogP contribution in [0.3, 0.4) is 0 Å². The molecule has 0 saturated heterocycles. The zero-order valence-electron chi connectivity index (χ0n) is 14.1. The van der Waals surface area contributed by atoms with Gasteiger partial charge in [-0.25, -0.2) is 13.8 Å². The van der Waals surface area contributed by atoms with Crippen molar-refractivity contribution in [2.24, 2.45) is 0 Å². The fourth-order valence-electron chi connectivity index (χ4n) is 2.28. The van der Waals surface area contributed by atoms with Crippen LogP contribution in [-0.4, -0.2) is 18.0 Å². The number of nitrogens with one attached hydrogen (secondary N) is 2. The highest BCUT2D eigenvalue weighted by molar-refractivity contribution is 6.32. The fraction of sp³-hybridized carbons (Fsp3) is 0.0526. The molecule has 2 N–H and O–H groups in total. The van der Waals surface area contributed by atoms with Gasteiger partial charge in [-0.15, -0.1) is 0 Å². The molecule has 3 rings (SSSR count). The lowest BCUT2D eigenvalue weighted by Crippen LogP contribution is -2.12. The van der Waals surface area contributed by atoms with Crippen LogP contribution in [0, 0.1) is 11.6 Å². The molecule has 1 aromatic heterocycles. The summed E-state index contributed by atoms with van der Waals surface area (Å²) in [6.45, 7) is 0. The van der Waals surface area contributed by atoms with Crippen molar-refractivity contribution in [2.75, 3.05) is 17.7 Å². The van der Waals surface area contributed by atoms with Gasteiger partial charge in [0.25, 0.3) is 5.91 Å². The highest BCUT2D eigenvalue weighted by Gasteiger charge is 2.10. The minimum Gasteiger partial charge on any atom is -0.495 e. The minimum atomic E-state index is -0.741. The number of aromatic nitrogens is 1. The molecule has 0 aliphatic carbocycles. The summed E-state index contributed by atoms with van der Waals surface area (Å²) < 4.78 is 31.6. The van der Waals surface area contributed by atoms with Crippen molar-refractivity contribution in [3.05, 3.63) is 76.9 Å². The third kappa shape index (κ3) is 4.51. The summed E-state index contributed by atoms with van der Waals surface area (Å²) in [4.78, 5) is 16.4. The number of carbonyl (C=O) groups excluding carboxylic acids is 1. The molecule has 1 amide bonds. The SMILES string of the molecule is COc1ccc(NC(=O)c2ccc(Nc3ccc(F)cc3F)nc2)cc1Cl. The topological polar surface area (TPSA) is 63.2 Å². The van der Waals surface area contributed by atoms with E-state index in [-0.39, 0.29) is 11.6 Å². The van der Waals surface area contributed by atoms with Crippen LogP contribution in [0.15, 0.2) is 54.7 Å². The van der Waals surface area contributed by atoms with Crippen molar-refractivity contribution in [2.45, 2.75) is 0 Å². The van der Waals surface area contributed by atoms with Gasteiger partial charge in [-0.2, -0.15) is 0 Å². The van der Waals surface area contributed by atoms with Crippen LogP contribution in [0.5, 0.6) is 5.75 Å². The van der Waals surface area contributed by atoms with Crippen LogP contribution >= 0.6 is 11.6 Å². The number of hydrogen-bond donors (Lipinski definition) is 2. The van der Waals surface area contributed by atoms with E-state index in [1.165, 1.54) is 31.5 Å². The van der Waals surface area contributed by atoms with E-state index in [1.807, 2.05) is 0 Å². The molecule has 27 heavy (non-hydrogen) atoms. The molecule has 0 atom stereocenters. The Morgan fingerprint density at radius 1 is 1.11 bits per heavy atom. The number of halogens is 3. The zero-order chi connectivity index (χ0) is 19.4. The van der Waals surface area contributed by atoms with Gasteiger partial charge in [-0.3, -0.25) is 4.79 Å². The molecule has 1 heterocycles. The Kier molecular flexibility index (Phi) is 5.52. The molecule has 0 spiro atoms. The summed E-state index contributed by atoms with van der Waals surface area (Å²) in [6, 6.07) is 11.1. The lowest BCUT2D eigenvalue weighted by molar-refractivity contribution is 0.102. The molecule has 2 aromatic carbocycles. The van der Waals surface area contributed by atoms with E-state index in [1.54, 1.807) is 18.2 Å². The minimum absolute atomic E-state index is 0.0778. The molecule has 0 unspecified atom stereocenters. The van der Waals surface area contributed by atoms with Gasteiger partial charge in [0.15, 0.2) is 0 Å². The molecule has 0 bridgehead atoms. The van der Waals surface area contributed by atoms with Crippen LogP contribution in [0.4, 0.5) is 26.0 Å². The lowest BCUT2D eigenvalue weighted by atomic mass is 10.2. The number of pyridine rings is 1. The number of rotatable bonds is 5. The Morgan fingerprint density at radius 2 is 1.93 bits per heavy atom. The number of anilines is 3. The average Bonchev–Trinajstić information content (AvgIpc) is 2.65. The molecule has 5 nitrogen and oxygen atoms in total. The summed E-state index contributed by atoms with van der Waals surface area (Å²) in [6.07, 6.45) is 1.34. The second-order valence-electron chi connectivity index (χ2n) is 5.48.